The van der Waals surface area contributed by atoms with Crippen molar-refractivity contribution in [2.24, 2.45) is 0 Å². The topological polar surface area (TPSA) is 80.2 Å². The lowest BCUT2D eigenvalue weighted by molar-refractivity contribution is 0.145. The zero-order chi connectivity index (χ0) is 17.3. The second-order valence-corrected chi connectivity index (χ2v) is 8.37. The number of nitrogens with zero attached hydrogens (tertiary/aromatic N) is 3. The molecule has 0 radical (unpaired) electrons. The first-order valence-electron chi connectivity index (χ1n) is 8.09. The van der Waals surface area contributed by atoms with Crippen molar-refractivity contribution in [2.75, 3.05) is 32.4 Å². The zero-order valence-electron chi connectivity index (χ0n) is 14.0. The van der Waals surface area contributed by atoms with Crippen LogP contribution >= 0.6 is 0 Å². The number of sulfonamides is 1. The van der Waals surface area contributed by atoms with Gasteiger partial charge >= 0.3 is 0 Å². The quantitative estimate of drug-likeness (QED) is 0.911. The van der Waals surface area contributed by atoms with E-state index >= 15 is 0 Å². The molecule has 6 nitrogen and oxygen atoms in total. The molecular formula is C17H22N4O2S. The standard InChI is InChI=1S/C17H22N4O2S/c1-13(20-7-9-21(10-8-20)24(2,22)23)11-15-14-5-3-4-6-16(14)19-17(15)12-18/h3-6,13,19H,7-11H2,1-2H3. The highest BCUT2D eigenvalue weighted by Crippen LogP contribution is 2.24. The molecule has 1 fully saturated rings. The number of benzene rings is 1. The van der Waals surface area contributed by atoms with Crippen LogP contribution in [0, 0.1) is 11.3 Å². The number of H-pyrrole nitrogens is 1. The van der Waals surface area contributed by atoms with Crippen molar-refractivity contribution < 1.29 is 8.42 Å². The van der Waals surface area contributed by atoms with Crippen molar-refractivity contribution in [1.82, 2.24) is 14.2 Å². The Bertz CT molecular complexity index is 874. The molecule has 0 amide bonds. The van der Waals surface area contributed by atoms with Gasteiger partial charge in [0.2, 0.25) is 10.0 Å². The van der Waals surface area contributed by atoms with Crippen LogP contribution in [0.4, 0.5) is 0 Å². The predicted octanol–water partition coefficient (Wildman–Crippen LogP) is 1.55. The Labute approximate surface area is 142 Å². The number of aromatic nitrogens is 1. The Balaban J connectivity index is 1.74. The summed E-state index contributed by atoms with van der Waals surface area (Å²) in [4.78, 5) is 5.48. The van der Waals surface area contributed by atoms with Gasteiger partial charge in [-0.1, -0.05) is 18.2 Å². The fourth-order valence-corrected chi connectivity index (χ4v) is 4.23. The average Bonchev–Trinajstić information content (AvgIpc) is 2.92. The third-order valence-corrected chi connectivity index (χ3v) is 6.09. The fourth-order valence-electron chi connectivity index (χ4n) is 3.41. The molecule has 1 aliphatic rings. The molecule has 0 spiro atoms. The molecule has 1 atom stereocenters. The largest absolute Gasteiger partial charge is 0.346 e. The van der Waals surface area contributed by atoms with Gasteiger partial charge < -0.3 is 4.98 Å². The van der Waals surface area contributed by atoms with Gasteiger partial charge in [0.25, 0.3) is 0 Å². The molecule has 128 valence electrons. The second kappa shape index (κ2) is 6.55. The summed E-state index contributed by atoms with van der Waals surface area (Å²) in [6.45, 7) is 4.64. The first-order valence-corrected chi connectivity index (χ1v) is 9.94. The van der Waals surface area contributed by atoms with Crippen LogP contribution in [0.15, 0.2) is 24.3 Å². The maximum absolute atomic E-state index is 11.6. The summed E-state index contributed by atoms with van der Waals surface area (Å²) in [7, 11) is -3.11. The van der Waals surface area contributed by atoms with E-state index in [0.29, 0.717) is 18.8 Å². The van der Waals surface area contributed by atoms with Crippen LogP contribution in [-0.4, -0.2) is 61.1 Å². The number of fused-ring (bicyclic) bond motifs is 1. The van der Waals surface area contributed by atoms with Crippen molar-refractivity contribution in [2.45, 2.75) is 19.4 Å². The minimum atomic E-state index is -3.11. The maximum atomic E-state index is 11.6. The minimum Gasteiger partial charge on any atom is -0.346 e. The van der Waals surface area contributed by atoms with E-state index in [0.717, 1.165) is 36.0 Å². The summed E-state index contributed by atoms with van der Waals surface area (Å²) in [5.41, 5.74) is 2.65. The smallest absolute Gasteiger partial charge is 0.211 e. The lowest BCUT2D eigenvalue weighted by Gasteiger charge is -2.37. The Morgan fingerprint density at radius 3 is 2.54 bits per heavy atom. The van der Waals surface area contributed by atoms with Crippen molar-refractivity contribution >= 4 is 20.9 Å². The molecule has 0 bridgehead atoms. The molecule has 3 rings (SSSR count). The van der Waals surface area contributed by atoms with Gasteiger partial charge in [0, 0.05) is 43.1 Å². The Hall–Kier alpha value is -1.88. The summed E-state index contributed by atoms with van der Waals surface area (Å²) >= 11 is 0. The third kappa shape index (κ3) is 3.31. The lowest BCUT2D eigenvalue weighted by atomic mass is 10.0. The van der Waals surface area contributed by atoms with Crippen molar-refractivity contribution in [1.29, 1.82) is 5.26 Å². The summed E-state index contributed by atoms with van der Waals surface area (Å²) in [6, 6.07) is 10.5. The average molecular weight is 346 g/mol. The molecule has 1 aromatic carbocycles. The van der Waals surface area contributed by atoms with Gasteiger partial charge in [0.05, 0.1) is 6.26 Å². The van der Waals surface area contributed by atoms with E-state index in [1.54, 1.807) is 0 Å². The van der Waals surface area contributed by atoms with Gasteiger partial charge in [-0.05, 0) is 25.0 Å². The van der Waals surface area contributed by atoms with Crippen LogP contribution in [0.25, 0.3) is 10.9 Å². The normalized spacial score (nSPS) is 18.5. The van der Waals surface area contributed by atoms with Crippen molar-refractivity contribution in [3.8, 4) is 6.07 Å². The molecule has 1 unspecified atom stereocenters. The number of aromatic amines is 1. The van der Waals surface area contributed by atoms with Gasteiger partial charge in [-0.3, -0.25) is 4.90 Å². The molecule has 1 aromatic heterocycles. The Kier molecular flexibility index (Phi) is 4.63. The van der Waals surface area contributed by atoms with E-state index in [4.69, 9.17) is 0 Å². The highest BCUT2D eigenvalue weighted by Gasteiger charge is 2.26. The summed E-state index contributed by atoms with van der Waals surface area (Å²) in [6.07, 6.45) is 2.03. The molecule has 0 saturated carbocycles. The van der Waals surface area contributed by atoms with Gasteiger partial charge in [-0.2, -0.15) is 9.57 Å². The highest BCUT2D eigenvalue weighted by atomic mass is 32.2. The molecule has 1 aliphatic heterocycles. The van der Waals surface area contributed by atoms with Crippen molar-refractivity contribution in [3.05, 3.63) is 35.5 Å². The van der Waals surface area contributed by atoms with Crippen LogP contribution in [0.5, 0.6) is 0 Å². The van der Waals surface area contributed by atoms with Crippen LogP contribution < -0.4 is 0 Å². The maximum Gasteiger partial charge on any atom is 0.211 e. The first-order chi connectivity index (χ1) is 11.4. The molecule has 1 saturated heterocycles. The van der Waals surface area contributed by atoms with Gasteiger partial charge in [-0.15, -0.1) is 0 Å². The summed E-state index contributed by atoms with van der Waals surface area (Å²) in [5.74, 6) is 0. The van der Waals surface area contributed by atoms with Crippen LogP contribution in [0.2, 0.25) is 0 Å². The summed E-state index contributed by atoms with van der Waals surface area (Å²) in [5, 5.41) is 10.5. The number of piperazine rings is 1. The van der Waals surface area contributed by atoms with Crippen LogP contribution in [0.3, 0.4) is 0 Å². The Morgan fingerprint density at radius 1 is 1.25 bits per heavy atom. The molecule has 2 heterocycles. The van der Waals surface area contributed by atoms with E-state index in [1.165, 1.54) is 10.6 Å². The molecular weight excluding hydrogens is 324 g/mol. The van der Waals surface area contributed by atoms with Crippen LogP contribution in [-0.2, 0) is 16.4 Å². The molecule has 7 heteroatoms. The third-order valence-electron chi connectivity index (χ3n) is 4.79. The van der Waals surface area contributed by atoms with E-state index in [2.05, 4.69) is 22.9 Å². The second-order valence-electron chi connectivity index (χ2n) is 6.39. The SMILES string of the molecule is CC(Cc1c(C#N)[nH]c2ccccc12)N1CCN(S(C)(=O)=O)CC1. The fraction of sp³-hybridized carbons (Fsp3) is 0.471. The highest BCUT2D eigenvalue weighted by molar-refractivity contribution is 7.88. The molecule has 24 heavy (non-hydrogen) atoms. The lowest BCUT2D eigenvalue weighted by Crippen LogP contribution is -2.51. The van der Waals surface area contributed by atoms with Gasteiger partial charge in [0.15, 0.2) is 0 Å². The van der Waals surface area contributed by atoms with E-state index in [9.17, 15) is 13.7 Å². The zero-order valence-corrected chi connectivity index (χ0v) is 14.8. The number of hydrogen-bond acceptors (Lipinski definition) is 4. The van der Waals surface area contributed by atoms with Crippen molar-refractivity contribution in [3.63, 3.8) is 0 Å². The molecule has 0 aliphatic carbocycles. The monoisotopic (exact) mass is 346 g/mol. The number of rotatable bonds is 4. The number of hydrogen-bond donors (Lipinski definition) is 1. The van der Waals surface area contributed by atoms with E-state index in [-0.39, 0.29) is 6.04 Å². The van der Waals surface area contributed by atoms with Gasteiger partial charge in [0.1, 0.15) is 11.8 Å². The summed E-state index contributed by atoms with van der Waals surface area (Å²) < 4.78 is 24.8. The molecule has 2 aromatic rings. The van der Waals surface area contributed by atoms with Gasteiger partial charge in [-0.25, -0.2) is 8.42 Å². The minimum absolute atomic E-state index is 0.248. The first kappa shape index (κ1) is 17.0. The number of nitriles is 1. The van der Waals surface area contributed by atoms with E-state index in [1.807, 2.05) is 24.3 Å². The molecule has 1 N–H and O–H groups in total. The Morgan fingerprint density at radius 2 is 1.92 bits per heavy atom. The number of nitrogens with one attached hydrogen (secondary N) is 1. The van der Waals surface area contributed by atoms with E-state index < -0.39 is 10.0 Å². The number of para-hydroxylation sites is 1. The van der Waals surface area contributed by atoms with Crippen LogP contribution in [0.1, 0.15) is 18.2 Å². The predicted molar refractivity (Wildman–Crippen MR) is 94.2 cm³/mol.